The minimum absolute atomic E-state index is 0.805. The third kappa shape index (κ3) is 2.53. The van der Waals surface area contributed by atoms with Gasteiger partial charge < -0.3 is 19.4 Å². The van der Waals surface area contributed by atoms with Crippen LogP contribution in [0.4, 0.5) is 0 Å². The van der Waals surface area contributed by atoms with Crippen molar-refractivity contribution in [3.05, 3.63) is 48.2 Å². The molecule has 0 radical (unpaired) electrons. The van der Waals surface area contributed by atoms with Crippen molar-refractivity contribution in [2.45, 2.75) is 13.0 Å². The second-order valence-electron chi connectivity index (χ2n) is 6.13. The summed E-state index contributed by atoms with van der Waals surface area (Å²) in [5.74, 6) is 1.64. The van der Waals surface area contributed by atoms with Gasteiger partial charge in [-0.05, 0) is 35.9 Å². The molecule has 4 heteroatoms. The molecule has 0 unspecified atom stereocenters. The lowest BCUT2D eigenvalue weighted by atomic mass is 10.0. The summed E-state index contributed by atoms with van der Waals surface area (Å²) in [6, 6.07) is 14.9. The summed E-state index contributed by atoms with van der Waals surface area (Å²) in [6.07, 6.45) is 1.08. The molecule has 24 heavy (non-hydrogen) atoms. The third-order valence-electron chi connectivity index (χ3n) is 4.78. The third-order valence-corrected chi connectivity index (χ3v) is 4.78. The summed E-state index contributed by atoms with van der Waals surface area (Å²) in [5.41, 5.74) is 4.97. The van der Waals surface area contributed by atoms with Gasteiger partial charge in [-0.1, -0.05) is 6.07 Å². The van der Waals surface area contributed by atoms with E-state index in [9.17, 15) is 0 Å². The molecule has 1 aliphatic heterocycles. The number of nitrogens with zero attached hydrogens (tertiary/aromatic N) is 1. The molecule has 0 bridgehead atoms. The van der Waals surface area contributed by atoms with Crippen molar-refractivity contribution in [3.63, 3.8) is 0 Å². The zero-order chi connectivity index (χ0) is 16.5. The number of rotatable bonds is 3. The van der Waals surface area contributed by atoms with Gasteiger partial charge in [-0.25, -0.2) is 0 Å². The lowest BCUT2D eigenvalue weighted by molar-refractivity contribution is 0.395. The van der Waals surface area contributed by atoms with E-state index in [1.807, 2.05) is 12.1 Å². The highest BCUT2D eigenvalue weighted by atomic mass is 16.5. The van der Waals surface area contributed by atoms with E-state index >= 15 is 0 Å². The molecule has 2 aromatic carbocycles. The Balaban J connectivity index is 1.81. The normalized spacial score (nSPS) is 14.2. The van der Waals surface area contributed by atoms with Gasteiger partial charge in [-0.2, -0.15) is 0 Å². The number of aromatic nitrogens is 1. The van der Waals surface area contributed by atoms with Crippen LogP contribution in [-0.4, -0.2) is 31.9 Å². The second kappa shape index (κ2) is 6.21. The van der Waals surface area contributed by atoms with Gasteiger partial charge in [0.25, 0.3) is 0 Å². The fourth-order valence-corrected chi connectivity index (χ4v) is 3.54. The van der Waals surface area contributed by atoms with Crippen molar-refractivity contribution in [1.29, 1.82) is 0 Å². The molecule has 0 amide bonds. The number of hydrogen-bond acceptors (Lipinski definition) is 3. The Hall–Kier alpha value is -2.46. The van der Waals surface area contributed by atoms with Gasteiger partial charge in [0.2, 0.25) is 0 Å². The number of nitrogens with one attached hydrogen (secondary N) is 1. The first kappa shape index (κ1) is 15.1. The first-order chi connectivity index (χ1) is 11.8. The van der Waals surface area contributed by atoms with Crippen LogP contribution in [0.3, 0.4) is 0 Å². The molecule has 1 N–H and O–H groups in total. The molecular weight excluding hydrogens is 300 g/mol. The van der Waals surface area contributed by atoms with Crippen molar-refractivity contribution in [1.82, 2.24) is 9.88 Å². The first-order valence-corrected chi connectivity index (χ1v) is 8.35. The zero-order valence-electron chi connectivity index (χ0n) is 14.1. The number of benzene rings is 2. The van der Waals surface area contributed by atoms with Crippen molar-refractivity contribution < 1.29 is 9.47 Å². The standard InChI is InChI=1S/C20H22N2O2/c1-23-17-4-5-18(20(13-17)24-2)14-3-6-19-15(11-14)12-16-7-8-21-9-10-22(16)19/h3-6,11-13,21H,7-10H2,1-2H3. The predicted molar refractivity (Wildman–Crippen MR) is 97.1 cm³/mol. The fraction of sp³-hybridized carbons (Fsp3) is 0.300. The molecule has 4 nitrogen and oxygen atoms in total. The molecule has 0 saturated carbocycles. The topological polar surface area (TPSA) is 35.4 Å². The van der Waals surface area contributed by atoms with Crippen molar-refractivity contribution in [2.75, 3.05) is 27.3 Å². The zero-order valence-corrected chi connectivity index (χ0v) is 14.1. The fourth-order valence-electron chi connectivity index (χ4n) is 3.54. The second-order valence-corrected chi connectivity index (χ2v) is 6.13. The number of methoxy groups -OCH3 is 2. The minimum Gasteiger partial charge on any atom is -0.497 e. The average molecular weight is 322 g/mol. The molecule has 124 valence electrons. The Morgan fingerprint density at radius 2 is 1.88 bits per heavy atom. The van der Waals surface area contributed by atoms with Crippen molar-refractivity contribution >= 4 is 10.9 Å². The maximum Gasteiger partial charge on any atom is 0.130 e. The van der Waals surface area contributed by atoms with Gasteiger partial charge in [0.1, 0.15) is 11.5 Å². The Kier molecular flexibility index (Phi) is 3.90. The van der Waals surface area contributed by atoms with E-state index in [1.54, 1.807) is 14.2 Å². The van der Waals surface area contributed by atoms with Crippen LogP contribution in [0.2, 0.25) is 0 Å². The largest absolute Gasteiger partial charge is 0.497 e. The molecule has 3 aromatic rings. The van der Waals surface area contributed by atoms with Crippen molar-refractivity contribution in [2.24, 2.45) is 0 Å². The SMILES string of the molecule is COc1ccc(-c2ccc3c(c2)cc2n3CCNCC2)c(OC)c1. The van der Waals surface area contributed by atoms with Crippen LogP contribution in [0, 0.1) is 0 Å². The Bertz CT molecular complexity index is 883. The highest BCUT2D eigenvalue weighted by Gasteiger charge is 2.13. The minimum atomic E-state index is 0.805. The van der Waals surface area contributed by atoms with Gasteiger partial charge in [0, 0.05) is 54.3 Å². The van der Waals surface area contributed by atoms with Crippen LogP contribution in [-0.2, 0) is 13.0 Å². The van der Waals surface area contributed by atoms with Crippen LogP contribution in [0.1, 0.15) is 5.69 Å². The van der Waals surface area contributed by atoms with Gasteiger partial charge >= 0.3 is 0 Å². The summed E-state index contributed by atoms with van der Waals surface area (Å²) in [7, 11) is 3.37. The monoisotopic (exact) mass is 322 g/mol. The number of ether oxygens (including phenoxy) is 2. The van der Waals surface area contributed by atoms with E-state index in [0.29, 0.717) is 0 Å². The van der Waals surface area contributed by atoms with Crippen LogP contribution in [0.5, 0.6) is 11.5 Å². The molecule has 1 aromatic heterocycles. The highest BCUT2D eigenvalue weighted by Crippen LogP contribution is 2.35. The van der Waals surface area contributed by atoms with E-state index < -0.39 is 0 Å². The van der Waals surface area contributed by atoms with Crippen LogP contribution in [0.15, 0.2) is 42.5 Å². The van der Waals surface area contributed by atoms with Gasteiger partial charge in [0.15, 0.2) is 0 Å². The van der Waals surface area contributed by atoms with E-state index in [-0.39, 0.29) is 0 Å². The Labute approximate surface area is 142 Å². The lowest BCUT2D eigenvalue weighted by Gasteiger charge is -2.11. The van der Waals surface area contributed by atoms with E-state index in [1.165, 1.54) is 22.2 Å². The summed E-state index contributed by atoms with van der Waals surface area (Å²) >= 11 is 0. The molecule has 4 rings (SSSR count). The van der Waals surface area contributed by atoms with Crippen molar-refractivity contribution in [3.8, 4) is 22.6 Å². The lowest BCUT2D eigenvalue weighted by Crippen LogP contribution is -2.17. The number of hydrogen-bond donors (Lipinski definition) is 1. The van der Waals surface area contributed by atoms with Crippen LogP contribution >= 0.6 is 0 Å². The smallest absolute Gasteiger partial charge is 0.130 e. The van der Waals surface area contributed by atoms with Gasteiger partial charge in [0.05, 0.1) is 14.2 Å². The highest BCUT2D eigenvalue weighted by molar-refractivity contribution is 5.88. The van der Waals surface area contributed by atoms with E-state index in [2.05, 4.69) is 40.2 Å². The molecule has 2 heterocycles. The maximum absolute atomic E-state index is 5.56. The molecule has 0 aliphatic carbocycles. The predicted octanol–water partition coefficient (Wildman–Crippen LogP) is 3.47. The van der Waals surface area contributed by atoms with Gasteiger partial charge in [-0.15, -0.1) is 0 Å². The molecule has 0 spiro atoms. The average Bonchev–Trinajstić information content (AvgIpc) is 2.81. The molecule has 0 atom stereocenters. The maximum atomic E-state index is 5.56. The summed E-state index contributed by atoms with van der Waals surface area (Å²) in [6.45, 7) is 3.12. The molecule has 1 aliphatic rings. The van der Waals surface area contributed by atoms with E-state index in [0.717, 1.165) is 43.1 Å². The summed E-state index contributed by atoms with van der Waals surface area (Å²) in [4.78, 5) is 0. The van der Waals surface area contributed by atoms with Crippen LogP contribution < -0.4 is 14.8 Å². The molecular formula is C20H22N2O2. The molecule has 0 fully saturated rings. The summed E-state index contributed by atoms with van der Waals surface area (Å²) < 4.78 is 13.3. The first-order valence-electron chi connectivity index (χ1n) is 8.35. The molecule has 0 saturated heterocycles. The van der Waals surface area contributed by atoms with Gasteiger partial charge in [-0.3, -0.25) is 0 Å². The van der Waals surface area contributed by atoms with E-state index in [4.69, 9.17) is 9.47 Å². The Morgan fingerprint density at radius 1 is 0.958 bits per heavy atom. The summed E-state index contributed by atoms with van der Waals surface area (Å²) in [5, 5.41) is 4.75. The van der Waals surface area contributed by atoms with Crippen LogP contribution in [0.25, 0.3) is 22.0 Å². The number of fused-ring (bicyclic) bond motifs is 3. The Morgan fingerprint density at radius 3 is 2.71 bits per heavy atom. The quantitative estimate of drug-likeness (QED) is 0.802.